The van der Waals surface area contributed by atoms with Gasteiger partial charge >= 0.3 is 0 Å². The quantitative estimate of drug-likeness (QED) is 0.732. The van der Waals surface area contributed by atoms with E-state index in [0.717, 1.165) is 75.5 Å². The molecule has 2 fully saturated rings. The number of carbonyl (C=O) groups is 1. The third kappa shape index (κ3) is 4.64. The van der Waals surface area contributed by atoms with E-state index < -0.39 is 0 Å². The number of allylic oxidation sites excluding steroid dienone is 2. The first-order valence-corrected chi connectivity index (χ1v) is 12.5. The maximum Gasteiger partial charge on any atom is 0.254 e. The number of likely N-dealkylation sites (tertiary alicyclic amines) is 1. The topological polar surface area (TPSA) is 69.3 Å². The fourth-order valence-electron chi connectivity index (χ4n) is 6.12. The van der Waals surface area contributed by atoms with Crippen molar-refractivity contribution in [2.45, 2.75) is 83.2 Å². The van der Waals surface area contributed by atoms with Gasteiger partial charge in [-0.05, 0) is 56.8 Å². The van der Waals surface area contributed by atoms with Gasteiger partial charge in [-0.3, -0.25) is 14.5 Å². The van der Waals surface area contributed by atoms with Crippen molar-refractivity contribution in [1.29, 1.82) is 0 Å². The molecule has 3 heterocycles. The molecule has 0 aromatic carbocycles. The largest absolute Gasteiger partial charge is 0.332 e. The number of nitrogens with one attached hydrogen (secondary N) is 1. The van der Waals surface area contributed by atoms with E-state index in [4.69, 9.17) is 4.98 Å². The first-order chi connectivity index (χ1) is 15.2. The van der Waals surface area contributed by atoms with Crippen molar-refractivity contribution < 1.29 is 4.79 Å². The lowest BCUT2D eigenvalue weighted by molar-refractivity contribution is -0.133. The van der Waals surface area contributed by atoms with Gasteiger partial charge in [-0.1, -0.05) is 31.4 Å². The van der Waals surface area contributed by atoms with Crippen LogP contribution in [0.25, 0.3) is 0 Å². The summed E-state index contributed by atoms with van der Waals surface area (Å²) in [6, 6.07) is -0.0791. The van der Waals surface area contributed by atoms with Crippen LogP contribution in [0.3, 0.4) is 0 Å². The Hall–Kier alpha value is -1.95. The number of aromatic nitrogens is 2. The molecule has 1 aromatic rings. The van der Waals surface area contributed by atoms with Crippen LogP contribution in [0.2, 0.25) is 0 Å². The van der Waals surface area contributed by atoms with E-state index in [9.17, 15) is 9.59 Å². The summed E-state index contributed by atoms with van der Waals surface area (Å²) >= 11 is 0. The third-order valence-electron chi connectivity index (χ3n) is 7.85. The van der Waals surface area contributed by atoms with Crippen LogP contribution in [0, 0.1) is 11.8 Å². The number of aromatic amines is 1. The van der Waals surface area contributed by atoms with Gasteiger partial charge < -0.3 is 9.88 Å². The van der Waals surface area contributed by atoms with Gasteiger partial charge in [0.15, 0.2) is 0 Å². The maximum absolute atomic E-state index is 13.0. The third-order valence-corrected chi connectivity index (χ3v) is 7.85. The molecule has 6 heteroatoms. The van der Waals surface area contributed by atoms with Crippen molar-refractivity contribution in [2.24, 2.45) is 11.8 Å². The Morgan fingerprint density at radius 2 is 1.97 bits per heavy atom. The minimum atomic E-state index is -0.0791. The Kier molecular flexibility index (Phi) is 6.26. The minimum Gasteiger partial charge on any atom is -0.332 e. The van der Waals surface area contributed by atoms with Crippen molar-refractivity contribution in [1.82, 2.24) is 19.8 Å². The Bertz CT molecular complexity index is 886. The first kappa shape index (κ1) is 20.9. The highest BCUT2D eigenvalue weighted by molar-refractivity contribution is 5.77. The fraction of sp³-hybridized carbons (Fsp3) is 0.720. The van der Waals surface area contributed by atoms with E-state index in [1.807, 2.05) is 4.90 Å². The molecule has 1 N–H and O–H groups in total. The highest BCUT2D eigenvalue weighted by Crippen LogP contribution is 2.33. The number of hydrogen-bond donors (Lipinski definition) is 1. The summed E-state index contributed by atoms with van der Waals surface area (Å²) in [4.78, 5) is 38.4. The molecule has 1 amide bonds. The van der Waals surface area contributed by atoms with E-state index in [2.05, 4.69) is 22.0 Å². The highest BCUT2D eigenvalue weighted by Gasteiger charge is 2.34. The average Bonchev–Trinajstić information content (AvgIpc) is 3.46. The van der Waals surface area contributed by atoms with Crippen LogP contribution >= 0.6 is 0 Å². The van der Waals surface area contributed by atoms with Crippen molar-refractivity contribution >= 4 is 5.91 Å². The Morgan fingerprint density at radius 3 is 2.77 bits per heavy atom. The van der Waals surface area contributed by atoms with Crippen molar-refractivity contribution in [3.63, 3.8) is 0 Å². The van der Waals surface area contributed by atoms with Crippen LogP contribution in [-0.4, -0.2) is 45.3 Å². The zero-order valence-electron chi connectivity index (χ0n) is 18.7. The summed E-state index contributed by atoms with van der Waals surface area (Å²) in [5.74, 6) is 2.08. The van der Waals surface area contributed by atoms with E-state index in [-0.39, 0.29) is 17.5 Å². The molecular formula is C25H36N4O2. The number of H-pyrrole nitrogens is 1. The standard InChI is InChI=1S/C25H36N4O2/c30-23(15-18-7-4-5-8-18)29-13-6-11-22(29)24-26-21-17-28(14-12-20(21)25(31)27-24)16-19-9-2-1-3-10-19/h4,7,18-19,22H,1-3,5-6,8-17H2,(H,26,27,31)/t18-,22-/m0/s1. The summed E-state index contributed by atoms with van der Waals surface area (Å²) in [6.07, 6.45) is 16.5. The van der Waals surface area contributed by atoms with E-state index in [0.29, 0.717) is 18.2 Å². The Labute approximate surface area is 185 Å². The molecule has 0 bridgehead atoms. The molecule has 1 aromatic heterocycles. The Morgan fingerprint density at radius 1 is 1.10 bits per heavy atom. The van der Waals surface area contributed by atoms with Gasteiger partial charge in [0.05, 0.1) is 11.7 Å². The van der Waals surface area contributed by atoms with Gasteiger partial charge in [-0.2, -0.15) is 0 Å². The lowest BCUT2D eigenvalue weighted by Crippen LogP contribution is -2.39. The smallest absolute Gasteiger partial charge is 0.254 e. The number of amides is 1. The summed E-state index contributed by atoms with van der Waals surface area (Å²) in [6.45, 7) is 3.63. The fourth-order valence-corrected chi connectivity index (χ4v) is 6.12. The molecule has 2 aliphatic carbocycles. The summed E-state index contributed by atoms with van der Waals surface area (Å²) < 4.78 is 0. The Balaban J connectivity index is 1.30. The second-order valence-corrected chi connectivity index (χ2v) is 10.1. The molecule has 5 rings (SSSR count). The molecule has 2 atom stereocenters. The zero-order valence-corrected chi connectivity index (χ0v) is 18.7. The second kappa shape index (κ2) is 9.27. The molecular weight excluding hydrogens is 388 g/mol. The molecule has 1 saturated heterocycles. The molecule has 2 aliphatic heterocycles. The van der Waals surface area contributed by atoms with Crippen LogP contribution in [0.15, 0.2) is 16.9 Å². The second-order valence-electron chi connectivity index (χ2n) is 10.1. The van der Waals surface area contributed by atoms with Gasteiger partial charge in [0.1, 0.15) is 5.82 Å². The van der Waals surface area contributed by atoms with Crippen LogP contribution in [0.4, 0.5) is 0 Å². The predicted molar refractivity (Wildman–Crippen MR) is 121 cm³/mol. The SMILES string of the molecule is O=C(C[C@H]1C=CCC1)N1CCC[C@H]1c1nc2c(c(=O)[nH]1)CCN(CC1CCCCC1)C2. The first-order valence-electron chi connectivity index (χ1n) is 12.5. The molecule has 4 aliphatic rings. The molecule has 168 valence electrons. The van der Waals surface area contributed by atoms with Crippen LogP contribution in [-0.2, 0) is 17.8 Å². The number of fused-ring (bicyclic) bond motifs is 1. The molecule has 1 saturated carbocycles. The maximum atomic E-state index is 13.0. The number of hydrogen-bond acceptors (Lipinski definition) is 4. The zero-order chi connectivity index (χ0) is 21.2. The molecule has 0 unspecified atom stereocenters. The van der Waals surface area contributed by atoms with E-state index in [1.54, 1.807) is 0 Å². The summed E-state index contributed by atoms with van der Waals surface area (Å²) in [5, 5.41) is 0. The van der Waals surface area contributed by atoms with Crippen LogP contribution in [0.1, 0.15) is 87.3 Å². The van der Waals surface area contributed by atoms with E-state index >= 15 is 0 Å². The predicted octanol–water partition coefficient (Wildman–Crippen LogP) is 3.73. The number of nitrogens with zero attached hydrogens (tertiary/aromatic N) is 3. The molecule has 6 nitrogen and oxygen atoms in total. The van der Waals surface area contributed by atoms with Crippen molar-refractivity contribution in [3.8, 4) is 0 Å². The van der Waals surface area contributed by atoms with Crippen LogP contribution in [0.5, 0.6) is 0 Å². The van der Waals surface area contributed by atoms with Crippen molar-refractivity contribution in [3.05, 3.63) is 39.6 Å². The number of carbonyl (C=O) groups excluding carboxylic acids is 1. The summed E-state index contributed by atoms with van der Waals surface area (Å²) in [5.41, 5.74) is 1.81. The molecule has 0 radical (unpaired) electrons. The van der Waals surface area contributed by atoms with Gasteiger partial charge in [-0.15, -0.1) is 0 Å². The van der Waals surface area contributed by atoms with Gasteiger partial charge in [0.2, 0.25) is 5.91 Å². The molecule has 0 spiro atoms. The van der Waals surface area contributed by atoms with Gasteiger partial charge in [0, 0.05) is 38.2 Å². The van der Waals surface area contributed by atoms with Crippen molar-refractivity contribution in [2.75, 3.05) is 19.6 Å². The van der Waals surface area contributed by atoms with E-state index in [1.165, 1.54) is 32.1 Å². The highest BCUT2D eigenvalue weighted by atomic mass is 16.2. The lowest BCUT2D eigenvalue weighted by Gasteiger charge is -2.33. The normalized spacial score (nSPS) is 27.0. The lowest BCUT2D eigenvalue weighted by atomic mass is 9.88. The average molecular weight is 425 g/mol. The molecule has 31 heavy (non-hydrogen) atoms. The monoisotopic (exact) mass is 424 g/mol. The number of rotatable bonds is 5. The minimum absolute atomic E-state index is 0.00958. The van der Waals surface area contributed by atoms with Crippen LogP contribution < -0.4 is 5.56 Å². The van der Waals surface area contributed by atoms with Gasteiger partial charge in [-0.25, -0.2) is 4.98 Å². The van der Waals surface area contributed by atoms with Gasteiger partial charge in [0.25, 0.3) is 5.56 Å². The summed E-state index contributed by atoms with van der Waals surface area (Å²) in [7, 11) is 0.